The third kappa shape index (κ3) is 2.62. The van der Waals surface area contributed by atoms with Gasteiger partial charge in [-0.15, -0.1) is 11.6 Å². The Hall–Kier alpha value is -2.33. The van der Waals surface area contributed by atoms with E-state index in [0.717, 1.165) is 5.56 Å². The highest BCUT2D eigenvalue weighted by Crippen LogP contribution is 2.30. The van der Waals surface area contributed by atoms with Crippen molar-refractivity contribution in [3.8, 4) is 0 Å². The highest BCUT2D eigenvalue weighted by Gasteiger charge is 2.27. The van der Waals surface area contributed by atoms with Gasteiger partial charge in [-0.1, -0.05) is 24.3 Å². The molecule has 0 spiro atoms. The number of nitrogens with one attached hydrogen (secondary N) is 1. The number of halogens is 1. The number of rotatable bonds is 2. The first-order chi connectivity index (χ1) is 10.2. The molecule has 0 unspecified atom stereocenters. The van der Waals surface area contributed by atoms with Crippen LogP contribution in [0.1, 0.15) is 15.9 Å². The minimum absolute atomic E-state index is 0.0148. The number of fused-ring (bicyclic) bond motifs is 1. The summed E-state index contributed by atoms with van der Waals surface area (Å²) in [6, 6.07) is 14.4. The van der Waals surface area contributed by atoms with E-state index in [1.54, 1.807) is 24.3 Å². The molecule has 0 aliphatic carbocycles. The zero-order chi connectivity index (χ0) is 14.8. The molecule has 0 saturated carbocycles. The number of amides is 2. The van der Waals surface area contributed by atoms with E-state index in [2.05, 4.69) is 5.32 Å². The fourth-order valence-corrected chi connectivity index (χ4v) is 2.52. The number of benzene rings is 2. The van der Waals surface area contributed by atoms with Gasteiger partial charge in [0.1, 0.15) is 6.54 Å². The van der Waals surface area contributed by atoms with Crippen LogP contribution < -0.4 is 10.2 Å². The average molecular weight is 301 g/mol. The number of carbonyl (C=O) groups excluding carboxylic acids is 2. The Bertz CT molecular complexity index is 715. The van der Waals surface area contributed by atoms with Gasteiger partial charge in [-0.25, -0.2) is 0 Å². The van der Waals surface area contributed by atoms with Crippen molar-refractivity contribution in [3.63, 3.8) is 0 Å². The third-order valence-electron chi connectivity index (χ3n) is 3.34. The molecule has 2 aromatic carbocycles. The Morgan fingerprint density at radius 2 is 2.00 bits per heavy atom. The van der Waals surface area contributed by atoms with Crippen molar-refractivity contribution in [1.82, 2.24) is 0 Å². The molecular weight excluding hydrogens is 288 g/mol. The normalized spacial score (nSPS) is 13.6. The molecule has 0 atom stereocenters. The first-order valence-electron chi connectivity index (χ1n) is 6.54. The maximum Gasteiger partial charge on any atom is 0.258 e. The fraction of sp³-hybridized carbons (Fsp3) is 0.125. The fourth-order valence-electron chi connectivity index (χ4n) is 2.36. The Balaban J connectivity index is 1.99. The number of hydrogen-bond donors (Lipinski definition) is 1. The van der Waals surface area contributed by atoms with Crippen molar-refractivity contribution in [2.24, 2.45) is 0 Å². The van der Waals surface area contributed by atoms with Crippen molar-refractivity contribution >= 4 is 34.8 Å². The topological polar surface area (TPSA) is 49.4 Å². The Kier molecular flexibility index (Phi) is 3.62. The number of nitrogens with zero attached hydrogens (tertiary/aromatic N) is 1. The number of hydrogen-bond acceptors (Lipinski definition) is 2. The predicted octanol–water partition coefficient (Wildman–Crippen LogP) is 3.02. The highest BCUT2D eigenvalue weighted by molar-refractivity contribution is 6.17. The Labute approximate surface area is 127 Å². The van der Waals surface area contributed by atoms with Gasteiger partial charge < -0.3 is 5.32 Å². The summed E-state index contributed by atoms with van der Waals surface area (Å²) >= 11 is 5.80. The maximum absolute atomic E-state index is 12.7. The molecule has 2 amide bonds. The largest absolute Gasteiger partial charge is 0.323 e. The van der Waals surface area contributed by atoms with Crippen molar-refractivity contribution in [2.75, 3.05) is 16.8 Å². The molecule has 0 radical (unpaired) electrons. The second-order valence-corrected chi connectivity index (χ2v) is 5.06. The molecule has 0 bridgehead atoms. The molecule has 4 nitrogen and oxygen atoms in total. The van der Waals surface area contributed by atoms with E-state index < -0.39 is 0 Å². The lowest BCUT2D eigenvalue weighted by Crippen LogP contribution is -2.42. The van der Waals surface area contributed by atoms with Gasteiger partial charge in [0, 0.05) is 11.4 Å². The summed E-state index contributed by atoms with van der Waals surface area (Å²) < 4.78 is 0. The van der Waals surface area contributed by atoms with Gasteiger partial charge in [0.05, 0.1) is 11.4 Å². The summed E-state index contributed by atoms with van der Waals surface area (Å²) in [4.78, 5) is 25.9. The minimum atomic E-state index is -0.204. The lowest BCUT2D eigenvalue weighted by Gasteiger charge is -2.29. The van der Waals surface area contributed by atoms with E-state index in [-0.39, 0.29) is 18.4 Å². The molecule has 0 fully saturated rings. The third-order valence-corrected chi connectivity index (χ3v) is 3.65. The molecule has 2 aromatic rings. The number of carbonyl (C=O) groups is 2. The first kappa shape index (κ1) is 13.6. The van der Waals surface area contributed by atoms with E-state index >= 15 is 0 Å². The molecule has 0 aromatic heterocycles. The second kappa shape index (κ2) is 5.58. The SMILES string of the molecule is O=C1CN(C(=O)c2cccc(CCl)c2)c2ccccc2N1. The summed E-state index contributed by atoms with van der Waals surface area (Å²) in [5, 5.41) is 2.76. The van der Waals surface area contributed by atoms with Crippen LogP contribution >= 0.6 is 11.6 Å². The minimum Gasteiger partial charge on any atom is -0.323 e. The molecule has 1 aliphatic rings. The van der Waals surface area contributed by atoms with Crippen LogP contribution in [0.3, 0.4) is 0 Å². The van der Waals surface area contributed by atoms with Crippen LogP contribution in [0.4, 0.5) is 11.4 Å². The molecule has 21 heavy (non-hydrogen) atoms. The van der Waals surface area contributed by atoms with Gasteiger partial charge in [-0.3, -0.25) is 14.5 Å². The van der Waals surface area contributed by atoms with Crippen molar-refractivity contribution in [1.29, 1.82) is 0 Å². The van der Waals surface area contributed by atoms with Crippen molar-refractivity contribution in [3.05, 3.63) is 59.7 Å². The van der Waals surface area contributed by atoms with Crippen LogP contribution in [0.15, 0.2) is 48.5 Å². The van der Waals surface area contributed by atoms with E-state index in [1.807, 2.05) is 24.3 Å². The number of anilines is 2. The van der Waals surface area contributed by atoms with Crippen LogP contribution in [0.25, 0.3) is 0 Å². The zero-order valence-corrected chi connectivity index (χ0v) is 11.9. The predicted molar refractivity (Wildman–Crippen MR) is 82.7 cm³/mol. The van der Waals surface area contributed by atoms with Crippen molar-refractivity contribution in [2.45, 2.75) is 5.88 Å². The lowest BCUT2D eigenvalue weighted by molar-refractivity contribution is -0.115. The average Bonchev–Trinajstić information content (AvgIpc) is 2.53. The van der Waals surface area contributed by atoms with E-state index in [1.165, 1.54) is 4.90 Å². The van der Waals surface area contributed by atoms with Crippen LogP contribution in [-0.2, 0) is 10.7 Å². The molecule has 106 valence electrons. The summed E-state index contributed by atoms with van der Waals surface area (Å²) in [6.07, 6.45) is 0. The smallest absolute Gasteiger partial charge is 0.258 e. The number of para-hydroxylation sites is 2. The molecular formula is C16H13ClN2O2. The van der Waals surface area contributed by atoms with Crippen LogP contribution in [0.5, 0.6) is 0 Å². The molecule has 1 N–H and O–H groups in total. The molecule has 0 saturated heterocycles. The van der Waals surface area contributed by atoms with Crippen LogP contribution in [-0.4, -0.2) is 18.4 Å². The summed E-state index contributed by atoms with van der Waals surface area (Å²) in [6.45, 7) is 0.0148. The lowest BCUT2D eigenvalue weighted by atomic mass is 10.1. The van der Waals surface area contributed by atoms with Gasteiger partial charge in [0.2, 0.25) is 5.91 Å². The summed E-state index contributed by atoms with van der Waals surface area (Å²) in [5.74, 6) is -0.0575. The molecule has 3 rings (SSSR count). The standard InChI is InChI=1S/C16H13ClN2O2/c17-9-11-4-3-5-12(8-11)16(21)19-10-15(20)18-13-6-1-2-7-14(13)19/h1-8H,9-10H2,(H,18,20). The van der Waals surface area contributed by atoms with E-state index in [9.17, 15) is 9.59 Å². The van der Waals surface area contributed by atoms with Crippen molar-refractivity contribution < 1.29 is 9.59 Å². The van der Waals surface area contributed by atoms with E-state index in [4.69, 9.17) is 11.6 Å². The molecule has 5 heteroatoms. The monoisotopic (exact) mass is 300 g/mol. The van der Waals surface area contributed by atoms with Crippen LogP contribution in [0, 0.1) is 0 Å². The Morgan fingerprint density at radius 1 is 1.19 bits per heavy atom. The number of alkyl halides is 1. The quantitative estimate of drug-likeness (QED) is 0.867. The molecule has 1 aliphatic heterocycles. The van der Waals surface area contributed by atoms with E-state index in [0.29, 0.717) is 22.8 Å². The van der Waals surface area contributed by atoms with Gasteiger partial charge in [-0.2, -0.15) is 0 Å². The summed E-state index contributed by atoms with van der Waals surface area (Å²) in [7, 11) is 0. The van der Waals surface area contributed by atoms with Gasteiger partial charge in [0.15, 0.2) is 0 Å². The van der Waals surface area contributed by atoms with Crippen LogP contribution in [0.2, 0.25) is 0 Å². The summed E-state index contributed by atoms with van der Waals surface area (Å²) in [5.41, 5.74) is 2.75. The zero-order valence-electron chi connectivity index (χ0n) is 11.2. The van der Waals surface area contributed by atoms with Gasteiger partial charge >= 0.3 is 0 Å². The Morgan fingerprint density at radius 3 is 2.81 bits per heavy atom. The van der Waals surface area contributed by atoms with Gasteiger partial charge in [0.25, 0.3) is 5.91 Å². The highest BCUT2D eigenvalue weighted by atomic mass is 35.5. The first-order valence-corrected chi connectivity index (χ1v) is 7.08. The molecule has 1 heterocycles. The second-order valence-electron chi connectivity index (χ2n) is 4.79. The van der Waals surface area contributed by atoms with Gasteiger partial charge in [-0.05, 0) is 29.8 Å². The maximum atomic E-state index is 12.7.